The van der Waals surface area contributed by atoms with Gasteiger partial charge in [0.25, 0.3) is 5.91 Å². The third kappa shape index (κ3) is 4.36. The average molecular weight is 440 g/mol. The highest BCUT2D eigenvalue weighted by Gasteiger charge is 2.25. The molecule has 0 bridgehead atoms. The second-order valence-electron chi connectivity index (χ2n) is 7.14. The van der Waals surface area contributed by atoms with Crippen molar-refractivity contribution in [3.05, 3.63) is 81.5 Å². The average Bonchev–Trinajstić information content (AvgIpc) is 3.26. The Balaban J connectivity index is 1.37. The molecule has 1 saturated heterocycles. The number of benzene rings is 2. The van der Waals surface area contributed by atoms with E-state index in [0.717, 1.165) is 25.2 Å². The second-order valence-corrected chi connectivity index (χ2v) is 7.93. The first-order chi connectivity index (χ1) is 14.5. The molecule has 1 aliphatic rings. The highest BCUT2D eigenvalue weighted by atomic mass is 35.5. The van der Waals surface area contributed by atoms with Gasteiger partial charge in [0.1, 0.15) is 5.76 Å². The van der Waals surface area contributed by atoms with Crippen molar-refractivity contribution in [3.8, 4) is 17.4 Å². The van der Waals surface area contributed by atoms with Crippen LogP contribution in [0.5, 0.6) is 0 Å². The number of halogens is 2. The minimum atomic E-state index is -0.127. The van der Waals surface area contributed by atoms with Crippen LogP contribution >= 0.6 is 23.2 Å². The van der Waals surface area contributed by atoms with Crippen molar-refractivity contribution in [2.45, 2.75) is 6.54 Å². The van der Waals surface area contributed by atoms with Crippen molar-refractivity contribution in [2.24, 2.45) is 0 Å². The third-order valence-corrected chi connectivity index (χ3v) is 6.00. The molecule has 2 heterocycles. The summed E-state index contributed by atoms with van der Waals surface area (Å²) in [7, 11) is 0. The lowest BCUT2D eigenvalue weighted by Gasteiger charge is -2.34. The zero-order valence-corrected chi connectivity index (χ0v) is 17.7. The van der Waals surface area contributed by atoms with Crippen molar-refractivity contribution in [3.63, 3.8) is 0 Å². The van der Waals surface area contributed by atoms with E-state index in [-0.39, 0.29) is 5.91 Å². The molecule has 1 fully saturated rings. The van der Waals surface area contributed by atoms with Crippen molar-refractivity contribution < 1.29 is 9.21 Å². The first kappa shape index (κ1) is 20.5. The lowest BCUT2D eigenvalue weighted by Crippen LogP contribution is -2.48. The number of carbonyl (C=O) groups excluding carboxylic acids is 1. The van der Waals surface area contributed by atoms with Gasteiger partial charge in [-0.25, -0.2) is 0 Å². The zero-order chi connectivity index (χ0) is 21.1. The molecule has 0 unspecified atom stereocenters. The van der Waals surface area contributed by atoms with Crippen LogP contribution < -0.4 is 0 Å². The number of amides is 1. The first-order valence-corrected chi connectivity index (χ1v) is 10.4. The van der Waals surface area contributed by atoms with Gasteiger partial charge >= 0.3 is 0 Å². The van der Waals surface area contributed by atoms with Crippen LogP contribution in [0.3, 0.4) is 0 Å². The van der Waals surface area contributed by atoms with Gasteiger partial charge in [0.15, 0.2) is 5.76 Å². The normalized spacial score (nSPS) is 14.5. The first-order valence-electron chi connectivity index (χ1n) is 9.60. The Morgan fingerprint density at radius 3 is 2.43 bits per heavy atom. The van der Waals surface area contributed by atoms with E-state index in [2.05, 4.69) is 11.0 Å². The van der Waals surface area contributed by atoms with Crippen molar-refractivity contribution in [2.75, 3.05) is 26.2 Å². The smallest absolute Gasteiger partial charge is 0.289 e. The molecule has 4 rings (SSSR count). The molecule has 1 amide bonds. The number of hydrogen-bond donors (Lipinski definition) is 0. The fourth-order valence-electron chi connectivity index (χ4n) is 3.50. The zero-order valence-electron chi connectivity index (χ0n) is 16.1. The molecule has 7 heteroatoms. The Labute approximate surface area is 185 Å². The summed E-state index contributed by atoms with van der Waals surface area (Å²) in [6, 6.07) is 18.5. The highest BCUT2D eigenvalue weighted by Crippen LogP contribution is 2.34. The Morgan fingerprint density at radius 1 is 1.00 bits per heavy atom. The molecule has 0 radical (unpaired) electrons. The van der Waals surface area contributed by atoms with Crippen LogP contribution in [0.25, 0.3) is 11.3 Å². The molecule has 0 spiro atoms. The van der Waals surface area contributed by atoms with E-state index >= 15 is 0 Å². The van der Waals surface area contributed by atoms with Gasteiger partial charge in [0.05, 0.1) is 21.7 Å². The molecule has 2 aromatic carbocycles. The van der Waals surface area contributed by atoms with E-state index in [1.165, 1.54) is 0 Å². The summed E-state index contributed by atoms with van der Waals surface area (Å²) in [5, 5.41) is 9.75. The molecule has 0 N–H and O–H groups in total. The maximum absolute atomic E-state index is 12.9. The predicted octanol–water partition coefficient (Wildman–Crippen LogP) is 5.08. The maximum Gasteiger partial charge on any atom is 0.289 e. The van der Waals surface area contributed by atoms with Gasteiger partial charge in [-0.2, -0.15) is 5.26 Å². The van der Waals surface area contributed by atoms with Crippen LogP contribution in [0, 0.1) is 11.3 Å². The summed E-state index contributed by atoms with van der Waals surface area (Å²) in [6.45, 7) is 3.61. The molecule has 0 atom stereocenters. The fraction of sp³-hybridized carbons (Fsp3) is 0.217. The predicted molar refractivity (Wildman–Crippen MR) is 117 cm³/mol. The number of carbonyl (C=O) groups is 1. The minimum Gasteiger partial charge on any atom is -0.451 e. The van der Waals surface area contributed by atoms with Crippen molar-refractivity contribution >= 4 is 29.1 Å². The van der Waals surface area contributed by atoms with E-state index in [9.17, 15) is 4.79 Å². The van der Waals surface area contributed by atoms with Crippen LogP contribution in [0.1, 0.15) is 21.7 Å². The van der Waals surface area contributed by atoms with Gasteiger partial charge in [-0.15, -0.1) is 0 Å². The number of hydrogen-bond acceptors (Lipinski definition) is 4. The van der Waals surface area contributed by atoms with E-state index < -0.39 is 0 Å². The Kier molecular flexibility index (Phi) is 6.10. The van der Waals surface area contributed by atoms with Crippen molar-refractivity contribution in [1.82, 2.24) is 9.80 Å². The second kappa shape index (κ2) is 8.93. The van der Waals surface area contributed by atoms with E-state index in [1.807, 2.05) is 30.3 Å². The van der Waals surface area contributed by atoms with Crippen LogP contribution in [-0.4, -0.2) is 41.9 Å². The minimum absolute atomic E-state index is 0.127. The number of furan rings is 1. The summed E-state index contributed by atoms with van der Waals surface area (Å²) in [4.78, 5) is 17.0. The summed E-state index contributed by atoms with van der Waals surface area (Å²) in [5.41, 5.74) is 2.48. The van der Waals surface area contributed by atoms with Gasteiger partial charge < -0.3 is 9.32 Å². The largest absolute Gasteiger partial charge is 0.451 e. The molecule has 0 saturated carbocycles. The molecule has 30 heavy (non-hydrogen) atoms. The maximum atomic E-state index is 12.9. The topological polar surface area (TPSA) is 60.5 Å². The third-order valence-electron chi connectivity index (χ3n) is 5.18. The van der Waals surface area contributed by atoms with Gasteiger partial charge in [0, 0.05) is 38.3 Å². The number of piperazine rings is 1. The van der Waals surface area contributed by atoms with Crippen LogP contribution in [0.15, 0.2) is 59.0 Å². The summed E-state index contributed by atoms with van der Waals surface area (Å²) in [6.07, 6.45) is 0. The van der Waals surface area contributed by atoms with E-state index in [0.29, 0.717) is 45.8 Å². The van der Waals surface area contributed by atoms with E-state index in [4.69, 9.17) is 32.9 Å². The molecular weight excluding hydrogens is 421 g/mol. The molecular formula is C23H19Cl2N3O2. The Hall–Kier alpha value is -2.78. The molecule has 1 aliphatic heterocycles. The lowest BCUT2D eigenvalue weighted by molar-refractivity contribution is 0.0598. The van der Waals surface area contributed by atoms with Gasteiger partial charge in [0.2, 0.25) is 0 Å². The van der Waals surface area contributed by atoms with Crippen LogP contribution in [-0.2, 0) is 6.54 Å². The summed E-state index contributed by atoms with van der Waals surface area (Å²) < 4.78 is 5.79. The lowest BCUT2D eigenvalue weighted by atomic mass is 10.1. The Bertz CT molecular complexity index is 1090. The molecule has 152 valence electrons. The molecule has 1 aromatic heterocycles. The molecule has 3 aromatic rings. The summed E-state index contributed by atoms with van der Waals surface area (Å²) >= 11 is 12.3. The van der Waals surface area contributed by atoms with Crippen molar-refractivity contribution in [1.29, 1.82) is 5.26 Å². The van der Waals surface area contributed by atoms with Crippen LogP contribution in [0.2, 0.25) is 10.0 Å². The SMILES string of the molecule is N#Cc1ccc(CN2CCN(C(=O)c3ccc(-c4cccc(Cl)c4Cl)o3)CC2)cc1. The van der Waals surface area contributed by atoms with E-state index in [1.54, 1.807) is 29.2 Å². The highest BCUT2D eigenvalue weighted by molar-refractivity contribution is 6.43. The van der Waals surface area contributed by atoms with Gasteiger partial charge in [-0.1, -0.05) is 41.4 Å². The number of nitriles is 1. The fourth-order valence-corrected chi connectivity index (χ4v) is 3.89. The monoisotopic (exact) mass is 439 g/mol. The quantitative estimate of drug-likeness (QED) is 0.568. The van der Waals surface area contributed by atoms with Gasteiger partial charge in [-0.05, 0) is 42.0 Å². The van der Waals surface area contributed by atoms with Crippen LogP contribution in [0.4, 0.5) is 0 Å². The summed E-state index contributed by atoms with van der Waals surface area (Å²) in [5.74, 6) is 0.685. The number of rotatable bonds is 4. The Morgan fingerprint density at radius 2 is 1.73 bits per heavy atom. The molecule has 0 aliphatic carbocycles. The number of nitrogens with zero attached hydrogens (tertiary/aromatic N) is 3. The van der Waals surface area contributed by atoms with Gasteiger partial charge in [-0.3, -0.25) is 9.69 Å². The molecule has 5 nitrogen and oxygen atoms in total. The standard InChI is InChI=1S/C23H19Cl2N3O2/c24-19-3-1-2-18(22(19)25)20-8-9-21(30-20)23(29)28-12-10-27(11-13-28)15-17-6-4-16(14-26)5-7-17/h1-9H,10-13,15H2.